The Labute approximate surface area is 151 Å². The molecule has 0 saturated heterocycles. The minimum Gasteiger partial charge on any atom is -0.469 e. The van der Waals surface area contributed by atoms with Crippen LogP contribution >= 0.6 is 0 Å². The fourth-order valence-electron chi connectivity index (χ4n) is 6.31. The van der Waals surface area contributed by atoms with Gasteiger partial charge in [-0.15, -0.1) is 0 Å². The molecule has 0 aliphatic heterocycles. The Hall–Kier alpha value is -0.870. The van der Waals surface area contributed by atoms with Crippen LogP contribution in [0.1, 0.15) is 66.2 Å². The van der Waals surface area contributed by atoms with Crippen molar-refractivity contribution in [2.24, 2.45) is 28.6 Å². The molecule has 0 heterocycles. The molecule has 4 nitrogen and oxygen atoms in total. The molecule has 25 heavy (non-hydrogen) atoms. The Morgan fingerprint density at radius 3 is 2.60 bits per heavy atom. The number of aliphatic hydroxyl groups excluding tert-OH is 1. The average Bonchev–Trinajstić information content (AvgIpc) is 2.55. The molecule has 2 N–H and O–H groups in total. The Bertz CT molecular complexity index is 582. The van der Waals surface area contributed by atoms with Gasteiger partial charge in [-0.3, -0.25) is 4.79 Å². The summed E-state index contributed by atoms with van der Waals surface area (Å²) < 4.78 is 5.17. The molecule has 0 unspecified atom stereocenters. The van der Waals surface area contributed by atoms with E-state index in [9.17, 15) is 15.0 Å². The highest BCUT2D eigenvalue weighted by molar-refractivity contribution is 5.77. The fraction of sp³-hybridized carbons (Fsp3) is 0.857. The predicted octanol–water partition coefficient (Wildman–Crippen LogP) is 3.46. The van der Waals surface area contributed by atoms with Gasteiger partial charge in [0.25, 0.3) is 0 Å². The van der Waals surface area contributed by atoms with Gasteiger partial charge in [0.2, 0.25) is 0 Å². The quantitative estimate of drug-likeness (QED) is 0.591. The minimum atomic E-state index is -1.13. The van der Waals surface area contributed by atoms with Gasteiger partial charge in [-0.25, -0.2) is 0 Å². The monoisotopic (exact) mass is 350 g/mol. The number of carbonyl (C=O) groups is 1. The lowest BCUT2D eigenvalue weighted by Gasteiger charge is -2.59. The van der Waals surface area contributed by atoms with Crippen molar-refractivity contribution in [2.75, 3.05) is 7.11 Å². The van der Waals surface area contributed by atoms with Gasteiger partial charge in [0.05, 0.1) is 18.6 Å². The molecular weight excluding hydrogens is 316 g/mol. The number of carbonyl (C=O) groups excluding carboxylic acids is 1. The van der Waals surface area contributed by atoms with Crippen molar-refractivity contribution in [1.82, 2.24) is 0 Å². The number of methoxy groups -OCH3 is 1. The lowest BCUT2D eigenvalue weighted by atomic mass is 9.45. The highest BCUT2D eigenvalue weighted by Gasteiger charge is 2.60. The molecule has 4 heteroatoms. The maximum absolute atomic E-state index is 12.6. The Balaban J connectivity index is 2.00. The van der Waals surface area contributed by atoms with Crippen LogP contribution in [0, 0.1) is 28.6 Å². The summed E-state index contributed by atoms with van der Waals surface area (Å²) >= 11 is 0. The predicted molar refractivity (Wildman–Crippen MR) is 96.8 cm³/mol. The third-order valence-corrected chi connectivity index (χ3v) is 7.93. The smallest absolute Gasteiger partial charge is 0.311 e. The van der Waals surface area contributed by atoms with Gasteiger partial charge < -0.3 is 14.9 Å². The number of allylic oxidation sites excluding steroid dienone is 1. The van der Waals surface area contributed by atoms with Gasteiger partial charge >= 0.3 is 5.97 Å². The lowest BCUT2D eigenvalue weighted by Crippen LogP contribution is -2.58. The molecular formula is C21H34O4. The first kappa shape index (κ1) is 18.9. The number of esters is 1. The van der Waals surface area contributed by atoms with Gasteiger partial charge in [0.15, 0.2) is 0 Å². The standard InChI is InChI=1S/C21H34O4/c1-13(2)21(24)12-14-7-8-16-19(3,15(14)11-17(21)22)9-6-10-20(16,4)18(23)25-5/h12-13,15-17,22,24H,6-11H2,1-5H3/t15-,16+,17-,19+,20+,21-/m0/s1. The molecule has 0 aromatic rings. The van der Waals surface area contributed by atoms with Crippen molar-refractivity contribution >= 4 is 5.97 Å². The maximum atomic E-state index is 12.6. The van der Waals surface area contributed by atoms with Gasteiger partial charge in [0, 0.05) is 0 Å². The summed E-state index contributed by atoms with van der Waals surface area (Å²) in [4.78, 5) is 12.6. The van der Waals surface area contributed by atoms with E-state index in [1.165, 1.54) is 12.7 Å². The Morgan fingerprint density at radius 1 is 1.32 bits per heavy atom. The second kappa shape index (κ2) is 6.09. The van der Waals surface area contributed by atoms with Crippen LogP contribution in [0.25, 0.3) is 0 Å². The molecule has 0 bridgehead atoms. The maximum Gasteiger partial charge on any atom is 0.311 e. The van der Waals surface area contributed by atoms with E-state index < -0.39 is 17.1 Å². The first-order valence-electron chi connectivity index (χ1n) is 9.80. The molecule has 2 fully saturated rings. The van der Waals surface area contributed by atoms with Crippen LogP contribution in [0.5, 0.6) is 0 Å². The van der Waals surface area contributed by atoms with Crippen molar-refractivity contribution in [2.45, 2.75) is 77.9 Å². The molecule has 3 rings (SSSR count). The molecule has 2 saturated carbocycles. The topological polar surface area (TPSA) is 66.8 Å². The molecule has 142 valence electrons. The van der Waals surface area contributed by atoms with Crippen LogP contribution in [-0.2, 0) is 9.53 Å². The van der Waals surface area contributed by atoms with Crippen LogP contribution in [0.4, 0.5) is 0 Å². The summed E-state index contributed by atoms with van der Waals surface area (Å²) in [6.45, 7) is 8.28. The number of aliphatic hydroxyl groups is 2. The van der Waals surface area contributed by atoms with E-state index >= 15 is 0 Å². The number of fused-ring (bicyclic) bond motifs is 3. The van der Waals surface area contributed by atoms with E-state index in [1.54, 1.807) is 0 Å². The second-order valence-electron chi connectivity index (χ2n) is 9.43. The van der Waals surface area contributed by atoms with Crippen LogP contribution in [0.2, 0.25) is 0 Å². The molecule has 3 aliphatic carbocycles. The van der Waals surface area contributed by atoms with E-state index in [-0.39, 0.29) is 29.1 Å². The van der Waals surface area contributed by atoms with Crippen LogP contribution in [-0.4, -0.2) is 35.0 Å². The van der Waals surface area contributed by atoms with Gasteiger partial charge in [-0.05, 0) is 62.2 Å². The summed E-state index contributed by atoms with van der Waals surface area (Å²) in [7, 11) is 1.49. The number of hydrogen-bond donors (Lipinski definition) is 2. The molecule has 0 amide bonds. The minimum absolute atomic E-state index is 0.0202. The molecule has 0 radical (unpaired) electrons. The first-order valence-corrected chi connectivity index (χ1v) is 9.80. The van der Waals surface area contributed by atoms with Crippen molar-refractivity contribution in [3.05, 3.63) is 11.6 Å². The summed E-state index contributed by atoms with van der Waals surface area (Å²) in [6.07, 6.45) is 6.61. The molecule has 0 aromatic heterocycles. The van der Waals surface area contributed by atoms with E-state index in [2.05, 4.69) is 13.8 Å². The van der Waals surface area contributed by atoms with E-state index in [1.807, 2.05) is 19.9 Å². The largest absolute Gasteiger partial charge is 0.469 e. The van der Waals surface area contributed by atoms with E-state index in [4.69, 9.17) is 4.74 Å². The van der Waals surface area contributed by atoms with Crippen molar-refractivity contribution in [1.29, 1.82) is 0 Å². The lowest BCUT2D eigenvalue weighted by molar-refractivity contribution is -0.171. The summed E-state index contributed by atoms with van der Waals surface area (Å²) in [6, 6.07) is 0. The van der Waals surface area contributed by atoms with Crippen molar-refractivity contribution < 1.29 is 19.7 Å². The van der Waals surface area contributed by atoms with Crippen molar-refractivity contribution in [3.63, 3.8) is 0 Å². The van der Waals surface area contributed by atoms with Crippen LogP contribution in [0.3, 0.4) is 0 Å². The average molecular weight is 350 g/mol. The molecule has 6 atom stereocenters. The van der Waals surface area contributed by atoms with Gasteiger partial charge in [-0.2, -0.15) is 0 Å². The summed E-state index contributed by atoms with van der Waals surface area (Å²) in [5, 5.41) is 21.7. The number of rotatable bonds is 2. The van der Waals surface area contributed by atoms with E-state index in [0.717, 1.165) is 32.1 Å². The van der Waals surface area contributed by atoms with Crippen LogP contribution in [0.15, 0.2) is 11.6 Å². The zero-order valence-electron chi connectivity index (χ0n) is 16.3. The highest BCUT2D eigenvalue weighted by Crippen LogP contribution is 2.63. The second-order valence-corrected chi connectivity index (χ2v) is 9.43. The third kappa shape index (κ3) is 2.59. The molecule has 3 aliphatic rings. The summed E-state index contributed by atoms with van der Waals surface area (Å²) in [5.74, 6) is 0.393. The molecule has 0 aromatic carbocycles. The zero-order chi connectivity index (χ0) is 18.6. The Kier molecular flexibility index (Phi) is 4.61. The zero-order valence-corrected chi connectivity index (χ0v) is 16.3. The SMILES string of the molecule is COC(=O)[C@]1(C)CCC[C@@]2(C)[C@H]1CCC1=C[C@](O)(C(C)C)[C@@H](O)C[C@@H]12. The summed E-state index contributed by atoms with van der Waals surface area (Å²) in [5.41, 5.74) is -0.307. The van der Waals surface area contributed by atoms with Gasteiger partial charge in [0.1, 0.15) is 5.60 Å². The highest BCUT2D eigenvalue weighted by atomic mass is 16.5. The third-order valence-electron chi connectivity index (χ3n) is 7.93. The molecule has 0 spiro atoms. The van der Waals surface area contributed by atoms with E-state index in [0.29, 0.717) is 6.42 Å². The fourth-order valence-corrected chi connectivity index (χ4v) is 6.31. The number of ether oxygens (including phenoxy) is 1. The number of hydrogen-bond acceptors (Lipinski definition) is 4. The van der Waals surface area contributed by atoms with Gasteiger partial charge in [-0.1, -0.05) is 38.8 Å². The first-order chi connectivity index (χ1) is 11.6. The normalized spacial score (nSPS) is 46.9. The van der Waals surface area contributed by atoms with Crippen molar-refractivity contribution in [3.8, 4) is 0 Å². The Morgan fingerprint density at radius 2 is 2.00 bits per heavy atom. The van der Waals surface area contributed by atoms with Crippen LogP contribution < -0.4 is 0 Å².